The van der Waals surface area contributed by atoms with Crippen molar-refractivity contribution < 1.29 is 19.7 Å². The van der Waals surface area contributed by atoms with Crippen LogP contribution in [-0.4, -0.2) is 22.8 Å². The van der Waals surface area contributed by atoms with Crippen molar-refractivity contribution in [2.45, 2.75) is 25.3 Å². The van der Waals surface area contributed by atoms with Crippen molar-refractivity contribution in [3.05, 3.63) is 35.9 Å². The van der Waals surface area contributed by atoms with Crippen molar-refractivity contribution >= 4 is 0 Å². The van der Waals surface area contributed by atoms with E-state index in [1.165, 1.54) is 0 Å². The molecule has 2 N–H and O–H groups in total. The molecular formula is C10H12O4. The second-order valence-corrected chi connectivity index (χ2v) is 3.33. The predicted molar refractivity (Wildman–Crippen MR) is 48.0 cm³/mol. The molecule has 0 spiro atoms. The van der Waals surface area contributed by atoms with Crippen LogP contribution in [0.4, 0.5) is 0 Å². The van der Waals surface area contributed by atoms with Crippen molar-refractivity contribution in [3.8, 4) is 0 Å². The van der Waals surface area contributed by atoms with E-state index >= 15 is 0 Å². The predicted octanol–water partition coefficient (Wildman–Crippen LogP) is 0.543. The molecule has 1 aliphatic heterocycles. The van der Waals surface area contributed by atoms with Crippen molar-refractivity contribution in [2.24, 2.45) is 0 Å². The molecule has 0 amide bonds. The standard InChI is InChI=1S/C10H12O4/c1-10(7-5-3-2-4-6-7)13-8(11)9(12)14-10/h2-6,8-9,11-12H,1H3/t8-,9-/m0/s1. The Bertz CT molecular complexity index is 301. The molecule has 0 aliphatic carbocycles. The summed E-state index contributed by atoms with van der Waals surface area (Å²) in [4.78, 5) is 0. The summed E-state index contributed by atoms with van der Waals surface area (Å²) in [6.07, 6.45) is -2.58. The molecule has 1 aromatic rings. The topological polar surface area (TPSA) is 58.9 Å². The van der Waals surface area contributed by atoms with Gasteiger partial charge in [-0.1, -0.05) is 30.3 Å². The molecule has 4 nitrogen and oxygen atoms in total. The van der Waals surface area contributed by atoms with E-state index in [2.05, 4.69) is 0 Å². The Morgan fingerprint density at radius 2 is 1.57 bits per heavy atom. The molecule has 0 aromatic heterocycles. The number of rotatable bonds is 1. The van der Waals surface area contributed by atoms with Gasteiger partial charge in [-0.3, -0.25) is 0 Å². The SMILES string of the molecule is CC1(c2ccccc2)O[C@H](O)[C@@H](O)O1. The summed E-state index contributed by atoms with van der Waals surface area (Å²) in [5, 5.41) is 18.4. The van der Waals surface area contributed by atoms with Gasteiger partial charge in [-0.05, 0) is 6.92 Å². The lowest BCUT2D eigenvalue weighted by Gasteiger charge is -2.22. The number of aliphatic hydroxyl groups is 2. The normalized spacial score (nSPS) is 30.5. The number of hydrogen-bond acceptors (Lipinski definition) is 4. The van der Waals surface area contributed by atoms with Crippen LogP contribution in [-0.2, 0) is 15.3 Å². The van der Waals surface area contributed by atoms with Crippen LogP contribution >= 0.6 is 0 Å². The lowest BCUT2D eigenvalue weighted by Crippen LogP contribution is -2.23. The fourth-order valence-electron chi connectivity index (χ4n) is 1.48. The summed E-state index contributed by atoms with van der Waals surface area (Å²) in [6.45, 7) is 1.65. The van der Waals surface area contributed by atoms with Crippen molar-refractivity contribution in [2.75, 3.05) is 0 Å². The van der Waals surface area contributed by atoms with Crippen LogP contribution in [0.15, 0.2) is 30.3 Å². The van der Waals surface area contributed by atoms with E-state index < -0.39 is 18.4 Å². The van der Waals surface area contributed by atoms with Crippen molar-refractivity contribution in [1.29, 1.82) is 0 Å². The Labute approximate surface area is 81.7 Å². The summed E-state index contributed by atoms with van der Waals surface area (Å²) in [7, 11) is 0. The molecule has 0 bridgehead atoms. The third-order valence-electron chi connectivity index (χ3n) is 2.23. The smallest absolute Gasteiger partial charge is 0.210 e. The van der Waals surface area contributed by atoms with E-state index in [1.54, 1.807) is 6.92 Å². The first-order valence-corrected chi connectivity index (χ1v) is 4.39. The van der Waals surface area contributed by atoms with Crippen LogP contribution < -0.4 is 0 Å². The fourth-order valence-corrected chi connectivity index (χ4v) is 1.48. The van der Waals surface area contributed by atoms with Gasteiger partial charge in [0.15, 0.2) is 5.79 Å². The van der Waals surface area contributed by atoms with Gasteiger partial charge >= 0.3 is 0 Å². The van der Waals surface area contributed by atoms with Gasteiger partial charge in [-0.2, -0.15) is 0 Å². The fraction of sp³-hybridized carbons (Fsp3) is 0.400. The first-order valence-electron chi connectivity index (χ1n) is 4.39. The molecule has 0 radical (unpaired) electrons. The average molecular weight is 196 g/mol. The Balaban J connectivity index is 2.27. The summed E-state index contributed by atoms with van der Waals surface area (Å²) < 4.78 is 10.3. The molecule has 1 heterocycles. The summed E-state index contributed by atoms with van der Waals surface area (Å²) in [6, 6.07) is 9.17. The highest BCUT2D eigenvalue weighted by Crippen LogP contribution is 2.35. The molecule has 2 rings (SSSR count). The Morgan fingerprint density at radius 3 is 2.07 bits per heavy atom. The van der Waals surface area contributed by atoms with Crippen molar-refractivity contribution in [3.63, 3.8) is 0 Å². The molecular weight excluding hydrogens is 184 g/mol. The first kappa shape index (κ1) is 9.61. The monoisotopic (exact) mass is 196 g/mol. The largest absolute Gasteiger partial charge is 0.364 e. The summed E-state index contributed by atoms with van der Waals surface area (Å²) in [5.74, 6) is -1.07. The maximum absolute atomic E-state index is 9.20. The van der Waals surface area contributed by atoms with Crippen LogP contribution in [0, 0.1) is 0 Å². The average Bonchev–Trinajstić information content (AvgIpc) is 2.44. The molecule has 4 heteroatoms. The van der Waals surface area contributed by atoms with E-state index in [0.717, 1.165) is 5.56 Å². The van der Waals surface area contributed by atoms with E-state index in [-0.39, 0.29) is 0 Å². The zero-order valence-corrected chi connectivity index (χ0v) is 7.75. The second-order valence-electron chi connectivity index (χ2n) is 3.33. The molecule has 76 valence electrons. The van der Waals surface area contributed by atoms with Gasteiger partial charge in [-0.15, -0.1) is 0 Å². The number of ether oxygens (including phenoxy) is 2. The molecule has 0 saturated carbocycles. The zero-order valence-electron chi connectivity index (χ0n) is 7.75. The van der Waals surface area contributed by atoms with E-state index in [0.29, 0.717) is 0 Å². The lowest BCUT2D eigenvalue weighted by atomic mass is 10.1. The lowest BCUT2D eigenvalue weighted by molar-refractivity contribution is -0.201. The first-order chi connectivity index (χ1) is 6.62. The minimum absolute atomic E-state index is 0.760. The van der Waals surface area contributed by atoms with Crippen LogP contribution in [0.5, 0.6) is 0 Å². The number of aliphatic hydroxyl groups excluding tert-OH is 2. The van der Waals surface area contributed by atoms with Crippen LogP contribution in [0.1, 0.15) is 12.5 Å². The van der Waals surface area contributed by atoms with Crippen LogP contribution in [0.3, 0.4) is 0 Å². The van der Waals surface area contributed by atoms with Crippen LogP contribution in [0.2, 0.25) is 0 Å². The number of hydrogen-bond donors (Lipinski definition) is 2. The molecule has 0 unspecified atom stereocenters. The van der Waals surface area contributed by atoms with Gasteiger partial charge in [0, 0.05) is 5.56 Å². The van der Waals surface area contributed by atoms with Gasteiger partial charge in [0.1, 0.15) is 0 Å². The maximum atomic E-state index is 9.20. The van der Waals surface area contributed by atoms with Gasteiger partial charge in [0.2, 0.25) is 12.6 Å². The maximum Gasteiger partial charge on any atom is 0.210 e. The van der Waals surface area contributed by atoms with E-state index in [1.807, 2.05) is 30.3 Å². The highest BCUT2D eigenvalue weighted by Gasteiger charge is 2.44. The van der Waals surface area contributed by atoms with Gasteiger partial charge < -0.3 is 19.7 Å². The second kappa shape index (κ2) is 3.33. The third kappa shape index (κ3) is 1.53. The van der Waals surface area contributed by atoms with E-state index in [4.69, 9.17) is 9.47 Å². The van der Waals surface area contributed by atoms with E-state index in [9.17, 15) is 10.2 Å². The minimum Gasteiger partial charge on any atom is -0.364 e. The highest BCUT2D eigenvalue weighted by molar-refractivity contribution is 5.20. The Morgan fingerprint density at radius 1 is 1.07 bits per heavy atom. The highest BCUT2D eigenvalue weighted by atomic mass is 16.8. The molecule has 1 saturated heterocycles. The summed E-state index contributed by atoms with van der Waals surface area (Å²) >= 11 is 0. The number of benzene rings is 1. The molecule has 2 atom stereocenters. The Kier molecular flexibility index (Phi) is 2.28. The molecule has 14 heavy (non-hydrogen) atoms. The van der Waals surface area contributed by atoms with Gasteiger partial charge in [-0.25, -0.2) is 0 Å². The quantitative estimate of drug-likeness (QED) is 0.688. The molecule has 1 aromatic carbocycles. The summed E-state index contributed by atoms with van der Waals surface area (Å²) in [5.41, 5.74) is 0.760. The zero-order chi connectivity index (χ0) is 10.2. The van der Waals surface area contributed by atoms with Gasteiger partial charge in [0.05, 0.1) is 0 Å². The van der Waals surface area contributed by atoms with Gasteiger partial charge in [0.25, 0.3) is 0 Å². The van der Waals surface area contributed by atoms with Crippen molar-refractivity contribution in [1.82, 2.24) is 0 Å². The third-order valence-corrected chi connectivity index (χ3v) is 2.23. The Hall–Kier alpha value is -0.940. The minimum atomic E-state index is -1.29. The molecule has 1 aliphatic rings. The van der Waals surface area contributed by atoms with Crippen LogP contribution in [0.25, 0.3) is 0 Å². The molecule has 1 fully saturated rings.